The second kappa shape index (κ2) is 7.45. The van der Waals surface area contributed by atoms with Gasteiger partial charge in [-0.2, -0.15) is 0 Å². The van der Waals surface area contributed by atoms with Crippen LogP contribution >= 0.6 is 0 Å². The molecule has 3 unspecified atom stereocenters. The van der Waals surface area contributed by atoms with Crippen molar-refractivity contribution in [3.05, 3.63) is 36.2 Å². The maximum atomic E-state index is 12.7. The van der Waals surface area contributed by atoms with Crippen molar-refractivity contribution in [3.63, 3.8) is 0 Å². The number of carbonyl (C=O) groups is 1. The minimum Gasteiger partial charge on any atom is -0.492 e. The number of hydrazine groups is 1. The Morgan fingerprint density at radius 3 is 3.00 bits per heavy atom. The molecule has 0 spiro atoms. The topological polar surface area (TPSA) is 98.1 Å². The lowest BCUT2D eigenvalue weighted by Gasteiger charge is -2.25. The molecule has 2 aliphatic heterocycles. The molecule has 0 bridgehead atoms. The SMILES string of the molecule is CC(c1ccon1)N(C)C(=O)C1CC(COc2ccc3c(c2)OCO3)NN1. The highest BCUT2D eigenvalue weighted by Crippen LogP contribution is 2.35. The molecule has 2 aromatic rings. The number of amides is 1. The molecule has 27 heavy (non-hydrogen) atoms. The standard InChI is InChI=1S/C18H22N4O5/c1-11(14-5-6-27-21-14)22(2)18(23)15-7-12(19-20-15)9-24-13-3-4-16-17(8-13)26-10-25-16/h3-6,8,11-12,15,19-20H,7,9-10H2,1-2H3. The largest absolute Gasteiger partial charge is 0.492 e. The number of likely N-dealkylation sites (N-methyl/N-ethyl adjacent to an activating group) is 1. The summed E-state index contributed by atoms with van der Waals surface area (Å²) in [7, 11) is 1.76. The Morgan fingerprint density at radius 2 is 2.19 bits per heavy atom. The molecule has 0 saturated carbocycles. The predicted octanol–water partition coefficient (Wildman–Crippen LogP) is 1.24. The Balaban J connectivity index is 1.29. The van der Waals surface area contributed by atoms with Gasteiger partial charge < -0.3 is 23.6 Å². The molecule has 3 atom stereocenters. The molecule has 2 N–H and O–H groups in total. The van der Waals surface area contributed by atoms with E-state index in [4.69, 9.17) is 18.7 Å². The Morgan fingerprint density at radius 1 is 1.33 bits per heavy atom. The monoisotopic (exact) mass is 374 g/mol. The van der Waals surface area contributed by atoms with Crippen LogP contribution in [0.25, 0.3) is 0 Å². The molecule has 1 aromatic carbocycles. The van der Waals surface area contributed by atoms with Crippen molar-refractivity contribution in [2.45, 2.75) is 31.5 Å². The van der Waals surface area contributed by atoms with Crippen molar-refractivity contribution in [2.24, 2.45) is 0 Å². The van der Waals surface area contributed by atoms with Gasteiger partial charge in [0.25, 0.3) is 0 Å². The summed E-state index contributed by atoms with van der Waals surface area (Å²) >= 11 is 0. The van der Waals surface area contributed by atoms with E-state index >= 15 is 0 Å². The number of hydrogen-bond donors (Lipinski definition) is 2. The van der Waals surface area contributed by atoms with Gasteiger partial charge >= 0.3 is 0 Å². The normalized spacial score (nSPS) is 21.9. The lowest BCUT2D eigenvalue weighted by Crippen LogP contribution is -2.45. The van der Waals surface area contributed by atoms with Gasteiger partial charge in [0.2, 0.25) is 12.7 Å². The molecule has 1 saturated heterocycles. The van der Waals surface area contributed by atoms with Crippen molar-refractivity contribution in [2.75, 3.05) is 20.4 Å². The summed E-state index contributed by atoms with van der Waals surface area (Å²) < 4.78 is 21.3. The van der Waals surface area contributed by atoms with Crippen LogP contribution in [0.2, 0.25) is 0 Å². The zero-order chi connectivity index (χ0) is 18.8. The first-order chi connectivity index (χ1) is 13.1. The summed E-state index contributed by atoms with van der Waals surface area (Å²) in [5.41, 5.74) is 6.90. The number of rotatable bonds is 6. The van der Waals surface area contributed by atoms with Crippen LogP contribution in [0.4, 0.5) is 0 Å². The summed E-state index contributed by atoms with van der Waals surface area (Å²) in [4.78, 5) is 14.4. The minimum atomic E-state index is -0.324. The molecule has 0 aliphatic carbocycles. The molecule has 3 heterocycles. The predicted molar refractivity (Wildman–Crippen MR) is 94.2 cm³/mol. The van der Waals surface area contributed by atoms with Crippen LogP contribution in [-0.2, 0) is 4.79 Å². The van der Waals surface area contributed by atoms with Crippen LogP contribution in [0.15, 0.2) is 35.1 Å². The van der Waals surface area contributed by atoms with Crippen LogP contribution in [0.3, 0.4) is 0 Å². The number of nitrogens with zero attached hydrogens (tertiary/aromatic N) is 2. The van der Waals surface area contributed by atoms with Gasteiger partial charge in [0, 0.05) is 19.2 Å². The number of benzene rings is 1. The summed E-state index contributed by atoms with van der Waals surface area (Å²) in [6.07, 6.45) is 2.13. The van der Waals surface area contributed by atoms with E-state index in [-0.39, 0.29) is 30.8 Å². The van der Waals surface area contributed by atoms with Crippen molar-refractivity contribution < 1.29 is 23.5 Å². The lowest BCUT2D eigenvalue weighted by molar-refractivity contribution is -0.133. The zero-order valence-electron chi connectivity index (χ0n) is 15.2. The van der Waals surface area contributed by atoms with Gasteiger partial charge in [-0.1, -0.05) is 5.16 Å². The molecule has 1 aromatic heterocycles. The molecule has 144 valence electrons. The molecule has 1 fully saturated rings. The van der Waals surface area contributed by atoms with E-state index in [2.05, 4.69) is 16.0 Å². The van der Waals surface area contributed by atoms with Gasteiger partial charge in [0.15, 0.2) is 11.5 Å². The molecule has 2 aliphatic rings. The highest BCUT2D eigenvalue weighted by atomic mass is 16.7. The fraction of sp³-hybridized carbons (Fsp3) is 0.444. The third kappa shape index (κ3) is 3.69. The molecule has 0 radical (unpaired) electrons. The first-order valence-corrected chi connectivity index (χ1v) is 8.82. The quantitative estimate of drug-likeness (QED) is 0.779. The molecular formula is C18H22N4O5. The van der Waals surface area contributed by atoms with E-state index in [0.29, 0.717) is 24.5 Å². The number of ether oxygens (including phenoxy) is 3. The van der Waals surface area contributed by atoms with E-state index in [1.54, 1.807) is 24.1 Å². The second-order valence-electron chi connectivity index (χ2n) is 6.65. The molecule has 9 heteroatoms. The van der Waals surface area contributed by atoms with Gasteiger partial charge in [-0.05, 0) is 25.5 Å². The van der Waals surface area contributed by atoms with Crippen molar-refractivity contribution in [3.8, 4) is 17.2 Å². The van der Waals surface area contributed by atoms with E-state index in [1.807, 2.05) is 19.1 Å². The Hall–Kier alpha value is -2.78. The smallest absolute Gasteiger partial charge is 0.241 e. The van der Waals surface area contributed by atoms with Gasteiger partial charge in [0.1, 0.15) is 30.4 Å². The summed E-state index contributed by atoms with van der Waals surface area (Å²) in [5.74, 6) is 2.09. The number of fused-ring (bicyclic) bond motifs is 1. The number of nitrogens with one attached hydrogen (secondary N) is 2. The van der Waals surface area contributed by atoms with Gasteiger partial charge in [-0.25, -0.2) is 5.43 Å². The average Bonchev–Trinajstić information content (AvgIpc) is 3.45. The molecule has 9 nitrogen and oxygen atoms in total. The van der Waals surface area contributed by atoms with Crippen molar-refractivity contribution in [1.82, 2.24) is 20.9 Å². The van der Waals surface area contributed by atoms with Crippen LogP contribution in [-0.4, -0.2) is 48.5 Å². The van der Waals surface area contributed by atoms with E-state index in [0.717, 1.165) is 11.4 Å². The Labute approximate surface area is 156 Å². The number of hydrogen-bond acceptors (Lipinski definition) is 8. The van der Waals surface area contributed by atoms with Gasteiger partial charge in [0.05, 0.1) is 12.1 Å². The summed E-state index contributed by atoms with van der Waals surface area (Å²) in [6.45, 7) is 2.58. The van der Waals surface area contributed by atoms with E-state index in [1.165, 1.54) is 6.26 Å². The Kier molecular flexibility index (Phi) is 4.87. The zero-order valence-corrected chi connectivity index (χ0v) is 15.2. The molecule has 1 amide bonds. The number of aromatic nitrogens is 1. The third-order valence-corrected chi connectivity index (χ3v) is 4.89. The molecule has 4 rings (SSSR count). The maximum absolute atomic E-state index is 12.7. The van der Waals surface area contributed by atoms with Gasteiger partial charge in [-0.15, -0.1) is 0 Å². The van der Waals surface area contributed by atoms with Crippen molar-refractivity contribution in [1.29, 1.82) is 0 Å². The number of carbonyl (C=O) groups excluding carboxylic acids is 1. The van der Waals surface area contributed by atoms with Crippen LogP contribution in [0.1, 0.15) is 25.1 Å². The molecular weight excluding hydrogens is 352 g/mol. The van der Waals surface area contributed by atoms with Crippen molar-refractivity contribution >= 4 is 5.91 Å². The van der Waals surface area contributed by atoms with Crippen LogP contribution in [0.5, 0.6) is 17.2 Å². The fourth-order valence-electron chi connectivity index (χ4n) is 3.13. The average molecular weight is 374 g/mol. The van der Waals surface area contributed by atoms with Crippen LogP contribution < -0.4 is 25.1 Å². The minimum absolute atomic E-state index is 0.0106. The highest BCUT2D eigenvalue weighted by Gasteiger charge is 2.33. The summed E-state index contributed by atoms with van der Waals surface area (Å²) in [6, 6.07) is 6.75. The maximum Gasteiger partial charge on any atom is 0.241 e. The fourth-order valence-corrected chi connectivity index (χ4v) is 3.13. The lowest BCUT2D eigenvalue weighted by atomic mass is 10.1. The highest BCUT2D eigenvalue weighted by molar-refractivity contribution is 5.82. The summed E-state index contributed by atoms with van der Waals surface area (Å²) in [5, 5.41) is 3.90. The first kappa shape index (κ1) is 17.6. The first-order valence-electron chi connectivity index (χ1n) is 8.82. The second-order valence-corrected chi connectivity index (χ2v) is 6.65. The van der Waals surface area contributed by atoms with E-state index in [9.17, 15) is 4.79 Å². The van der Waals surface area contributed by atoms with Gasteiger partial charge in [-0.3, -0.25) is 10.2 Å². The Bertz CT molecular complexity index is 797. The van der Waals surface area contributed by atoms with Crippen LogP contribution in [0, 0.1) is 0 Å². The third-order valence-electron chi connectivity index (χ3n) is 4.89. The van der Waals surface area contributed by atoms with E-state index < -0.39 is 0 Å².